The Morgan fingerprint density at radius 3 is 2.32 bits per heavy atom. The number of nitrogens with zero attached hydrogens (tertiary/aromatic N) is 2. The molecule has 1 atom stereocenters. The molecular formula is C18H20F2N2O2S. The first-order valence-corrected chi connectivity index (χ1v) is 9.45. The molecule has 0 aliphatic carbocycles. The molecule has 0 amide bonds. The van der Waals surface area contributed by atoms with Gasteiger partial charge in [0.1, 0.15) is 11.6 Å². The van der Waals surface area contributed by atoms with E-state index in [4.69, 9.17) is 0 Å². The van der Waals surface area contributed by atoms with Crippen LogP contribution in [0.15, 0.2) is 47.4 Å². The molecule has 1 saturated heterocycles. The standard InChI is InChI=1S/C18H20F2N2O2S/c1-13-3-6-16(20)11-18(13)25(23,24)22-10-9-21(2)17(12-22)14-4-7-15(19)8-5-14/h3-8,11,17H,9-10,12H2,1-2H3/t17-/m0/s1. The SMILES string of the molecule is Cc1ccc(F)cc1S(=O)(=O)N1CCN(C)[C@H](c2ccc(F)cc2)C1. The van der Waals surface area contributed by atoms with E-state index in [1.54, 1.807) is 19.1 Å². The molecule has 3 rings (SSSR count). The maximum Gasteiger partial charge on any atom is 0.243 e. The van der Waals surface area contributed by atoms with Gasteiger partial charge in [0.2, 0.25) is 10.0 Å². The number of halogens is 2. The molecule has 1 heterocycles. The van der Waals surface area contributed by atoms with Crippen LogP contribution < -0.4 is 0 Å². The summed E-state index contributed by atoms with van der Waals surface area (Å²) in [4.78, 5) is 2.03. The maximum atomic E-state index is 13.6. The number of aryl methyl sites for hydroxylation is 1. The monoisotopic (exact) mass is 366 g/mol. The van der Waals surface area contributed by atoms with Gasteiger partial charge in [-0.05, 0) is 49.4 Å². The van der Waals surface area contributed by atoms with Crippen LogP contribution in [0.5, 0.6) is 0 Å². The quantitative estimate of drug-likeness (QED) is 0.839. The molecule has 25 heavy (non-hydrogen) atoms. The van der Waals surface area contributed by atoms with Crippen molar-refractivity contribution < 1.29 is 17.2 Å². The summed E-state index contributed by atoms with van der Waals surface area (Å²) in [5.74, 6) is -0.907. The average Bonchev–Trinajstić information content (AvgIpc) is 2.58. The van der Waals surface area contributed by atoms with Gasteiger partial charge in [-0.15, -0.1) is 0 Å². The topological polar surface area (TPSA) is 40.6 Å². The van der Waals surface area contributed by atoms with E-state index in [2.05, 4.69) is 0 Å². The number of sulfonamides is 1. The lowest BCUT2D eigenvalue weighted by Crippen LogP contribution is -2.49. The summed E-state index contributed by atoms with van der Waals surface area (Å²) in [7, 11) is -1.89. The second kappa shape index (κ2) is 6.82. The zero-order valence-corrected chi connectivity index (χ0v) is 14.9. The van der Waals surface area contributed by atoms with Crippen LogP contribution in [0.1, 0.15) is 17.2 Å². The molecule has 0 aromatic heterocycles. The highest BCUT2D eigenvalue weighted by atomic mass is 32.2. The second-order valence-corrected chi connectivity index (χ2v) is 8.23. The zero-order valence-electron chi connectivity index (χ0n) is 14.1. The zero-order chi connectivity index (χ0) is 18.2. The molecule has 4 nitrogen and oxygen atoms in total. The first kappa shape index (κ1) is 18.0. The van der Waals surface area contributed by atoms with Gasteiger partial charge in [-0.3, -0.25) is 4.90 Å². The van der Waals surface area contributed by atoms with E-state index in [1.807, 2.05) is 11.9 Å². The molecule has 2 aromatic rings. The highest BCUT2D eigenvalue weighted by Crippen LogP contribution is 2.29. The van der Waals surface area contributed by atoms with Crippen LogP contribution in [-0.2, 0) is 10.0 Å². The van der Waals surface area contributed by atoms with Gasteiger partial charge < -0.3 is 0 Å². The number of benzene rings is 2. The molecule has 0 N–H and O–H groups in total. The van der Waals surface area contributed by atoms with E-state index >= 15 is 0 Å². The Labute approximate surface area is 146 Å². The summed E-state index contributed by atoms with van der Waals surface area (Å²) in [6, 6.07) is 9.67. The fraction of sp³-hybridized carbons (Fsp3) is 0.333. The van der Waals surface area contributed by atoms with Gasteiger partial charge >= 0.3 is 0 Å². The van der Waals surface area contributed by atoms with E-state index in [-0.39, 0.29) is 23.3 Å². The smallest absolute Gasteiger partial charge is 0.243 e. The summed E-state index contributed by atoms with van der Waals surface area (Å²) in [5, 5.41) is 0. The van der Waals surface area contributed by atoms with Crippen LogP contribution in [0.4, 0.5) is 8.78 Å². The molecule has 1 aliphatic rings. The molecular weight excluding hydrogens is 346 g/mol. The Balaban J connectivity index is 1.92. The van der Waals surface area contributed by atoms with Crippen LogP contribution in [-0.4, -0.2) is 44.3 Å². The van der Waals surface area contributed by atoms with Gasteiger partial charge in [-0.1, -0.05) is 18.2 Å². The maximum absolute atomic E-state index is 13.6. The Kier molecular flexibility index (Phi) is 4.90. The van der Waals surface area contributed by atoms with Crippen molar-refractivity contribution in [2.45, 2.75) is 17.9 Å². The van der Waals surface area contributed by atoms with Gasteiger partial charge in [0.05, 0.1) is 4.90 Å². The minimum Gasteiger partial charge on any atom is -0.297 e. The summed E-state index contributed by atoms with van der Waals surface area (Å²) < 4.78 is 54.1. The van der Waals surface area contributed by atoms with Crippen molar-refractivity contribution >= 4 is 10.0 Å². The molecule has 0 unspecified atom stereocenters. The normalized spacial score (nSPS) is 19.9. The van der Waals surface area contributed by atoms with Gasteiger partial charge in [-0.25, -0.2) is 17.2 Å². The highest BCUT2D eigenvalue weighted by Gasteiger charge is 2.34. The van der Waals surface area contributed by atoms with E-state index in [0.717, 1.165) is 11.6 Å². The van der Waals surface area contributed by atoms with Crippen LogP contribution >= 0.6 is 0 Å². The molecule has 2 aromatic carbocycles. The molecule has 1 fully saturated rings. The molecule has 0 saturated carbocycles. The van der Waals surface area contributed by atoms with E-state index < -0.39 is 15.8 Å². The van der Waals surface area contributed by atoms with Crippen molar-refractivity contribution in [2.75, 3.05) is 26.7 Å². The third-order valence-corrected chi connectivity index (χ3v) is 6.64. The van der Waals surface area contributed by atoms with Gasteiger partial charge in [-0.2, -0.15) is 4.31 Å². The van der Waals surface area contributed by atoms with Crippen LogP contribution in [0.25, 0.3) is 0 Å². The number of likely N-dealkylation sites (N-methyl/N-ethyl adjacent to an activating group) is 1. The lowest BCUT2D eigenvalue weighted by Gasteiger charge is -2.39. The van der Waals surface area contributed by atoms with Gasteiger partial charge in [0.15, 0.2) is 0 Å². The molecule has 0 bridgehead atoms. The first-order valence-electron chi connectivity index (χ1n) is 8.01. The minimum atomic E-state index is -3.80. The van der Waals surface area contributed by atoms with E-state index in [0.29, 0.717) is 18.7 Å². The third-order valence-electron chi connectivity index (χ3n) is 4.63. The van der Waals surface area contributed by atoms with E-state index in [9.17, 15) is 17.2 Å². The van der Waals surface area contributed by atoms with Crippen LogP contribution in [0, 0.1) is 18.6 Å². The molecule has 134 valence electrons. The van der Waals surface area contributed by atoms with Crippen LogP contribution in [0.3, 0.4) is 0 Å². The number of rotatable bonds is 3. The number of hydrogen-bond donors (Lipinski definition) is 0. The third kappa shape index (κ3) is 3.58. The Morgan fingerprint density at radius 2 is 1.64 bits per heavy atom. The molecule has 0 radical (unpaired) electrons. The summed E-state index contributed by atoms with van der Waals surface area (Å²) in [6.07, 6.45) is 0. The van der Waals surface area contributed by atoms with Crippen molar-refractivity contribution in [1.29, 1.82) is 0 Å². The van der Waals surface area contributed by atoms with Crippen molar-refractivity contribution in [3.63, 3.8) is 0 Å². The fourth-order valence-corrected chi connectivity index (χ4v) is 4.78. The lowest BCUT2D eigenvalue weighted by molar-refractivity contribution is 0.148. The number of piperazine rings is 1. The first-order chi connectivity index (χ1) is 11.8. The van der Waals surface area contributed by atoms with Crippen molar-refractivity contribution in [3.8, 4) is 0 Å². The van der Waals surface area contributed by atoms with Crippen molar-refractivity contribution in [2.24, 2.45) is 0 Å². The van der Waals surface area contributed by atoms with E-state index in [1.165, 1.54) is 28.6 Å². The molecule has 0 spiro atoms. The predicted molar refractivity (Wildman–Crippen MR) is 91.7 cm³/mol. The largest absolute Gasteiger partial charge is 0.297 e. The minimum absolute atomic E-state index is 0.00471. The van der Waals surface area contributed by atoms with Gasteiger partial charge in [0.25, 0.3) is 0 Å². The molecule has 1 aliphatic heterocycles. The van der Waals surface area contributed by atoms with Crippen LogP contribution in [0.2, 0.25) is 0 Å². The summed E-state index contributed by atoms with van der Waals surface area (Å²) in [6.45, 7) is 2.75. The lowest BCUT2D eigenvalue weighted by atomic mass is 10.0. The average molecular weight is 366 g/mol. The second-order valence-electron chi connectivity index (χ2n) is 6.32. The van der Waals surface area contributed by atoms with Crippen molar-refractivity contribution in [3.05, 3.63) is 65.2 Å². The number of hydrogen-bond acceptors (Lipinski definition) is 3. The Bertz CT molecular complexity index is 869. The molecule has 7 heteroatoms. The summed E-state index contributed by atoms with van der Waals surface area (Å²) >= 11 is 0. The highest BCUT2D eigenvalue weighted by molar-refractivity contribution is 7.89. The summed E-state index contributed by atoms with van der Waals surface area (Å²) in [5.41, 5.74) is 1.36. The van der Waals surface area contributed by atoms with Crippen molar-refractivity contribution in [1.82, 2.24) is 9.21 Å². The van der Waals surface area contributed by atoms with Gasteiger partial charge in [0, 0.05) is 25.7 Å². The Morgan fingerprint density at radius 1 is 1.00 bits per heavy atom. The predicted octanol–water partition coefficient (Wildman–Crippen LogP) is 2.95. The Hall–Kier alpha value is -1.83. The fourth-order valence-electron chi connectivity index (χ4n) is 3.10.